The number of rotatable bonds is 9. The molecule has 2 amide bonds. The first-order chi connectivity index (χ1) is 11.3. The van der Waals surface area contributed by atoms with Gasteiger partial charge in [-0.3, -0.25) is 14.6 Å². The second kappa shape index (κ2) is 8.88. The lowest BCUT2D eigenvalue weighted by Crippen LogP contribution is -2.62. The number of amidine groups is 1. The average Bonchev–Trinajstić information content (AvgIpc) is 2.57. The second-order valence-corrected chi connectivity index (χ2v) is 5.27. The zero-order valence-electron chi connectivity index (χ0n) is 12.9. The molecule has 130 valence electrons. The monoisotopic (exact) mass is 354 g/mol. The van der Waals surface area contributed by atoms with Gasteiger partial charge in [-0.2, -0.15) is 0 Å². The van der Waals surface area contributed by atoms with E-state index in [4.69, 9.17) is 23.1 Å². The van der Waals surface area contributed by atoms with Gasteiger partial charge >= 0.3 is 5.97 Å². The molecule has 0 radical (unpaired) electrons. The van der Waals surface area contributed by atoms with E-state index in [0.717, 1.165) is 0 Å². The van der Waals surface area contributed by atoms with Crippen LogP contribution in [0.4, 0.5) is 0 Å². The highest BCUT2D eigenvalue weighted by molar-refractivity contribution is 6.27. The Kier molecular flexibility index (Phi) is 7.19. The molecule has 1 aromatic carbocycles. The summed E-state index contributed by atoms with van der Waals surface area (Å²) >= 11 is 5.48. The van der Waals surface area contributed by atoms with Crippen LogP contribution in [0.15, 0.2) is 35.3 Å². The van der Waals surface area contributed by atoms with Gasteiger partial charge in [0.15, 0.2) is 0 Å². The fraction of sp³-hybridized carbons (Fsp3) is 0.333. The fourth-order valence-electron chi connectivity index (χ4n) is 1.98. The van der Waals surface area contributed by atoms with E-state index in [-0.39, 0.29) is 36.7 Å². The summed E-state index contributed by atoms with van der Waals surface area (Å²) in [6.45, 7) is 0.155. The molecule has 0 saturated carbocycles. The number of hydrogen-bond acceptors (Lipinski definition) is 4. The number of carboxylic acid groups (broad SMARTS) is 1. The molecule has 0 aliphatic rings. The third kappa shape index (κ3) is 4.95. The Hall–Kier alpha value is -2.61. The first-order valence-corrected chi connectivity index (χ1v) is 7.62. The van der Waals surface area contributed by atoms with Crippen molar-refractivity contribution in [1.82, 2.24) is 5.32 Å². The molecule has 0 aromatic heterocycles. The summed E-state index contributed by atoms with van der Waals surface area (Å²) in [6, 6.07) is 7.92. The van der Waals surface area contributed by atoms with Crippen LogP contribution in [-0.2, 0) is 9.59 Å². The highest BCUT2D eigenvalue weighted by atomic mass is 35.5. The number of alkyl halides is 1. The number of nitrogens with zero attached hydrogens (tertiary/aromatic N) is 1. The van der Waals surface area contributed by atoms with E-state index < -0.39 is 23.3 Å². The predicted octanol–water partition coefficient (Wildman–Crippen LogP) is 0.101. The smallest absolute Gasteiger partial charge is 0.339 e. The second-order valence-electron chi connectivity index (χ2n) is 5.01. The van der Waals surface area contributed by atoms with Gasteiger partial charge in [-0.1, -0.05) is 18.2 Å². The third-order valence-electron chi connectivity index (χ3n) is 3.31. The Morgan fingerprint density at radius 1 is 1.21 bits per heavy atom. The average molecular weight is 355 g/mol. The van der Waals surface area contributed by atoms with Gasteiger partial charge < -0.3 is 21.9 Å². The Bertz CT molecular complexity index is 620. The molecule has 1 aromatic rings. The number of aliphatic imine (C=N–C) groups is 1. The number of carbonyl (C=O) groups is 3. The molecule has 1 rings (SSSR count). The highest BCUT2D eigenvalue weighted by Gasteiger charge is 2.45. The van der Waals surface area contributed by atoms with Crippen LogP contribution in [0.2, 0.25) is 0 Å². The lowest BCUT2D eigenvalue weighted by atomic mass is 9.91. The van der Waals surface area contributed by atoms with Crippen LogP contribution in [0.25, 0.3) is 0 Å². The lowest BCUT2D eigenvalue weighted by molar-refractivity contribution is -0.149. The Labute approximate surface area is 143 Å². The minimum atomic E-state index is -2.22. The first kappa shape index (κ1) is 19.4. The Morgan fingerprint density at radius 3 is 2.33 bits per heavy atom. The molecule has 8 nitrogen and oxygen atoms in total. The molecule has 0 fully saturated rings. The van der Waals surface area contributed by atoms with Gasteiger partial charge in [-0.15, -0.1) is 11.6 Å². The number of amides is 2. The van der Waals surface area contributed by atoms with Crippen molar-refractivity contribution >= 4 is 35.2 Å². The van der Waals surface area contributed by atoms with Crippen LogP contribution in [0, 0.1) is 0 Å². The van der Waals surface area contributed by atoms with E-state index in [1.807, 2.05) is 0 Å². The number of aliphatic carboxylic acids is 1. The van der Waals surface area contributed by atoms with Gasteiger partial charge in [0.1, 0.15) is 5.84 Å². The zero-order valence-corrected chi connectivity index (χ0v) is 13.6. The maximum absolute atomic E-state index is 12.2. The number of primary amides is 1. The molecular formula is C15H19ClN4O4. The number of nitrogens with one attached hydrogen (secondary N) is 1. The Morgan fingerprint density at radius 2 is 1.83 bits per heavy atom. The summed E-state index contributed by atoms with van der Waals surface area (Å²) in [5.41, 5.74) is 8.68. The number of halogens is 1. The highest BCUT2D eigenvalue weighted by Crippen LogP contribution is 2.15. The summed E-state index contributed by atoms with van der Waals surface area (Å²) < 4.78 is 0. The first-order valence-electron chi connectivity index (χ1n) is 7.09. The van der Waals surface area contributed by atoms with Crippen LogP contribution in [-0.4, -0.2) is 46.7 Å². The van der Waals surface area contributed by atoms with Gasteiger partial charge in [-0.05, 0) is 25.0 Å². The molecule has 9 heteroatoms. The van der Waals surface area contributed by atoms with Crippen molar-refractivity contribution < 1.29 is 19.5 Å². The molecule has 0 saturated heterocycles. The lowest BCUT2D eigenvalue weighted by Gasteiger charge is -2.27. The number of carboxylic acids is 1. The van der Waals surface area contributed by atoms with E-state index in [1.165, 1.54) is 12.1 Å². The standard InChI is InChI=1S/C15H19ClN4O4/c16-9-11(17)19-8-4-7-15(13(18)22,14(23)24)20-12(21)10-5-2-1-3-6-10/h1-3,5-6H,4,7-9H2,(H2,17,19)(H2,18,22)(H,20,21)(H,23,24)/t15-/m1/s1. The largest absolute Gasteiger partial charge is 0.479 e. The molecule has 0 spiro atoms. The molecule has 1 atom stereocenters. The van der Waals surface area contributed by atoms with Crippen molar-refractivity contribution in [2.24, 2.45) is 16.5 Å². The third-order valence-corrected chi connectivity index (χ3v) is 3.58. The van der Waals surface area contributed by atoms with E-state index in [1.54, 1.807) is 18.2 Å². The molecule has 24 heavy (non-hydrogen) atoms. The SMILES string of the molecule is NC(=O)[C@@](CCCN=C(N)CCl)(NC(=O)c1ccccc1)C(=O)O. The van der Waals surface area contributed by atoms with Crippen molar-refractivity contribution in [3.63, 3.8) is 0 Å². The molecule has 6 N–H and O–H groups in total. The summed E-state index contributed by atoms with van der Waals surface area (Å²) in [4.78, 5) is 39.5. The minimum Gasteiger partial charge on any atom is -0.479 e. The van der Waals surface area contributed by atoms with Crippen LogP contribution in [0.3, 0.4) is 0 Å². The molecular weight excluding hydrogens is 336 g/mol. The van der Waals surface area contributed by atoms with Crippen LogP contribution >= 0.6 is 11.6 Å². The predicted molar refractivity (Wildman–Crippen MR) is 89.9 cm³/mol. The van der Waals surface area contributed by atoms with Crippen molar-refractivity contribution in [2.75, 3.05) is 12.4 Å². The number of carbonyl (C=O) groups excluding carboxylic acids is 2. The quantitative estimate of drug-likeness (QED) is 0.163. The van der Waals surface area contributed by atoms with E-state index in [9.17, 15) is 19.5 Å². The van der Waals surface area contributed by atoms with Crippen molar-refractivity contribution in [1.29, 1.82) is 0 Å². The number of hydrogen-bond donors (Lipinski definition) is 4. The van der Waals surface area contributed by atoms with Gasteiger partial charge in [0.25, 0.3) is 11.8 Å². The van der Waals surface area contributed by atoms with E-state index in [2.05, 4.69) is 10.3 Å². The van der Waals surface area contributed by atoms with Crippen LogP contribution in [0.5, 0.6) is 0 Å². The number of nitrogens with two attached hydrogens (primary N) is 2. The molecule has 0 aliphatic carbocycles. The van der Waals surface area contributed by atoms with Gasteiger partial charge in [0, 0.05) is 12.1 Å². The molecule has 0 unspecified atom stereocenters. The van der Waals surface area contributed by atoms with Gasteiger partial charge in [0.05, 0.1) is 5.88 Å². The summed E-state index contributed by atoms with van der Waals surface area (Å²) in [5, 5.41) is 11.7. The minimum absolute atomic E-state index is 0.0463. The maximum Gasteiger partial charge on any atom is 0.339 e. The normalized spacial score (nSPS) is 13.8. The fourth-order valence-corrected chi connectivity index (χ4v) is 2.06. The zero-order chi connectivity index (χ0) is 18.2. The van der Waals surface area contributed by atoms with Gasteiger partial charge in [0.2, 0.25) is 5.54 Å². The Balaban J connectivity index is 2.92. The maximum atomic E-state index is 12.2. The summed E-state index contributed by atoms with van der Waals surface area (Å²) in [5.74, 6) is -3.15. The number of benzene rings is 1. The van der Waals surface area contributed by atoms with E-state index in [0.29, 0.717) is 0 Å². The summed E-state index contributed by atoms with van der Waals surface area (Å²) in [7, 11) is 0. The topological polar surface area (TPSA) is 148 Å². The molecule has 0 heterocycles. The molecule has 0 aliphatic heterocycles. The van der Waals surface area contributed by atoms with Crippen molar-refractivity contribution in [3.05, 3.63) is 35.9 Å². The van der Waals surface area contributed by atoms with Gasteiger partial charge in [-0.25, -0.2) is 4.79 Å². The van der Waals surface area contributed by atoms with Crippen LogP contribution in [0.1, 0.15) is 23.2 Å². The van der Waals surface area contributed by atoms with Crippen molar-refractivity contribution in [3.8, 4) is 0 Å². The summed E-state index contributed by atoms with van der Waals surface area (Å²) in [6.07, 6.45) is -0.0583. The van der Waals surface area contributed by atoms with Crippen molar-refractivity contribution in [2.45, 2.75) is 18.4 Å². The van der Waals surface area contributed by atoms with Crippen LogP contribution < -0.4 is 16.8 Å². The molecule has 0 bridgehead atoms. The van der Waals surface area contributed by atoms with E-state index >= 15 is 0 Å².